The van der Waals surface area contributed by atoms with Gasteiger partial charge in [0.15, 0.2) is 5.96 Å². The topological polar surface area (TPSA) is 39.7 Å². The lowest BCUT2D eigenvalue weighted by Crippen LogP contribution is -2.40. The van der Waals surface area contributed by atoms with Crippen molar-refractivity contribution < 1.29 is 0 Å². The van der Waals surface area contributed by atoms with E-state index in [-0.39, 0.29) is 0 Å². The summed E-state index contributed by atoms with van der Waals surface area (Å²) >= 11 is 0. The molecule has 4 nitrogen and oxygen atoms in total. The smallest absolute Gasteiger partial charge is 0.190 e. The molecule has 0 saturated carbocycles. The van der Waals surface area contributed by atoms with Gasteiger partial charge in [-0.3, -0.25) is 4.99 Å². The van der Waals surface area contributed by atoms with E-state index >= 15 is 0 Å². The Morgan fingerprint density at radius 3 is 2.68 bits per heavy atom. The third-order valence-electron chi connectivity index (χ3n) is 3.92. The Kier molecular flexibility index (Phi) is 8.63. The van der Waals surface area contributed by atoms with Gasteiger partial charge in [0.25, 0.3) is 0 Å². The van der Waals surface area contributed by atoms with Crippen LogP contribution in [0.4, 0.5) is 0 Å². The summed E-state index contributed by atoms with van der Waals surface area (Å²) in [4.78, 5) is 6.81. The van der Waals surface area contributed by atoms with E-state index in [1.54, 1.807) is 0 Å². The van der Waals surface area contributed by atoms with E-state index in [2.05, 4.69) is 34.4 Å². The number of rotatable bonds is 8. The summed E-state index contributed by atoms with van der Waals surface area (Å²) in [6.45, 7) is 10.2. The molecular weight excluding hydrogens is 236 g/mol. The van der Waals surface area contributed by atoms with Crippen molar-refractivity contribution in [1.82, 2.24) is 15.5 Å². The Morgan fingerprint density at radius 1 is 1.21 bits per heavy atom. The quantitative estimate of drug-likeness (QED) is 0.402. The molecule has 0 radical (unpaired) electrons. The van der Waals surface area contributed by atoms with E-state index < -0.39 is 0 Å². The average Bonchev–Trinajstić information content (AvgIpc) is 2.90. The molecular formula is C15H32N4. The Balaban J connectivity index is 2.09. The molecule has 1 aliphatic rings. The van der Waals surface area contributed by atoms with Crippen LogP contribution in [0.15, 0.2) is 4.99 Å². The first-order chi connectivity index (χ1) is 9.30. The predicted molar refractivity (Wildman–Crippen MR) is 83.7 cm³/mol. The molecule has 1 unspecified atom stereocenters. The molecule has 1 rings (SSSR count). The second-order valence-corrected chi connectivity index (χ2v) is 5.49. The molecule has 4 heteroatoms. The van der Waals surface area contributed by atoms with Crippen LogP contribution in [0, 0.1) is 5.92 Å². The minimum Gasteiger partial charge on any atom is -0.356 e. The van der Waals surface area contributed by atoms with E-state index in [4.69, 9.17) is 0 Å². The van der Waals surface area contributed by atoms with Crippen LogP contribution in [-0.2, 0) is 0 Å². The maximum absolute atomic E-state index is 4.29. The van der Waals surface area contributed by atoms with Gasteiger partial charge in [0.2, 0.25) is 0 Å². The summed E-state index contributed by atoms with van der Waals surface area (Å²) < 4.78 is 0. The van der Waals surface area contributed by atoms with Crippen molar-refractivity contribution in [2.45, 2.75) is 46.0 Å². The van der Waals surface area contributed by atoms with Crippen LogP contribution in [0.2, 0.25) is 0 Å². The number of nitrogens with zero attached hydrogens (tertiary/aromatic N) is 2. The maximum Gasteiger partial charge on any atom is 0.190 e. The molecule has 0 bridgehead atoms. The number of unbranched alkanes of at least 4 members (excludes halogenated alkanes) is 3. The van der Waals surface area contributed by atoms with Gasteiger partial charge < -0.3 is 15.5 Å². The normalized spacial score (nSPS) is 20.8. The Bertz CT molecular complexity index is 253. The van der Waals surface area contributed by atoms with Gasteiger partial charge in [0.1, 0.15) is 0 Å². The third-order valence-corrected chi connectivity index (χ3v) is 3.92. The summed E-state index contributed by atoms with van der Waals surface area (Å²) in [5.74, 6) is 1.74. The van der Waals surface area contributed by atoms with Crippen molar-refractivity contribution in [2.75, 3.05) is 39.8 Å². The fraction of sp³-hybridized carbons (Fsp3) is 0.933. The van der Waals surface area contributed by atoms with Gasteiger partial charge in [-0.15, -0.1) is 0 Å². The van der Waals surface area contributed by atoms with Gasteiger partial charge >= 0.3 is 0 Å². The molecule has 19 heavy (non-hydrogen) atoms. The zero-order valence-electron chi connectivity index (χ0n) is 13.0. The highest BCUT2D eigenvalue weighted by Gasteiger charge is 2.20. The molecule has 0 amide bonds. The zero-order chi connectivity index (χ0) is 13.9. The van der Waals surface area contributed by atoms with Crippen LogP contribution < -0.4 is 10.6 Å². The lowest BCUT2D eigenvalue weighted by Gasteiger charge is -2.16. The van der Waals surface area contributed by atoms with Crippen LogP contribution in [-0.4, -0.2) is 50.6 Å². The van der Waals surface area contributed by atoms with Crippen LogP contribution >= 0.6 is 0 Å². The number of nitrogens with one attached hydrogen (secondary N) is 2. The summed E-state index contributed by atoms with van der Waals surface area (Å²) in [7, 11) is 1.86. The Hall–Kier alpha value is -0.770. The molecule has 0 aliphatic carbocycles. The van der Waals surface area contributed by atoms with E-state index in [0.29, 0.717) is 0 Å². The second-order valence-electron chi connectivity index (χ2n) is 5.49. The first kappa shape index (κ1) is 16.3. The summed E-state index contributed by atoms with van der Waals surface area (Å²) in [6.07, 6.45) is 6.50. The van der Waals surface area contributed by atoms with E-state index in [1.807, 2.05) is 7.05 Å². The largest absolute Gasteiger partial charge is 0.356 e. The lowest BCUT2D eigenvalue weighted by molar-refractivity contribution is 0.342. The van der Waals surface area contributed by atoms with Gasteiger partial charge in [-0.2, -0.15) is 0 Å². The standard InChI is InChI=1S/C15H32N4/c1-4-6-7-8-10-17-15(16-3)18-12-14-9-11-19(5-2)13-14/h14H,4-13H2,1-3H3,(H2,16,17,18). The summed E-state index contributed by atoms with van der Waals surface area (Å²) in [5.41, 5.74) is 0. The minimum absolute atomic E-state index is 0.776. The van der Waals surface area contributed by atoms with E-state index in [9.17, 15) is 0 Å². The zero-order valence-corrected chi connectivity index (χ0v) is 13.0. The first-order valence-electron chi connectivity index (χ1n) is 7.97. The fourth-order valence-corrected chi connectivity index (χ4v) is 2.59. The van der Waals surface area contributed by atoms with Crippen molar-refractivity contribution >= 4 is 5.96 Å². The number of guanidine groups is 1. The van der Waals surface area contributed by atoms with Gasteiger partial charge in [-0.05, 0) is 31.8 Å². The molecule has 0 aromatic carbocycles. The minimum atomic E-state index is 0.776. The Morgan fingerprint density at radius 2 is 2.05 bits per heavy atom. The highest BCUT2D eigenvalue weighted by Crippen LogP contribution is 2.14. The first-order valence-corrected chi connectivity index (χ1v) is 7.97. The van der Waals surface area contributed by atoms with Gasteiger partial charge in [0, 0.05) is 26.7 Å². The molecule has 112 valence electrons. The monoisotopic (exact) mass is 268 g/mol. The van der Waals surface area contributed by atoms with Crippen molar-refractivity contribution in [2.24, 2.45) is 10.9 Å². The second kappa shape index (κ2) is 10.1. The molecule has 1 aliphatic heterocycles. The highest BCUT2D eigenvalue weighted by atomic mass is 15.2. The van der Waals surface area contributed by atoms with Crippen molar-refractivity contribution in [1.29, 1.82) is 0 Å². The van der Waals surface area contributed by atoms with Gasteiger partial charge in [-0.25, -0.2) is 0 Å². The molecule has 1 atom stereocenters. The van der Waals surface area contributed by atoms with E-state index in [0.717, 1.165) is 25.0 Å². The molecule has 1 saturated heterocycles. The predicted octanol–water partition coefficient (Wildman–Crippen LogP) is 2.07. The lowest BCUT2D eigenvalue weighted by atomic mass is 10.1. The molecule has 1 heterocycles. The average molecular weight is 268 g/mol. The number of hydrogen-bond donors (Lipinski definition) is 2. The number of likely N-dealkylation sites (tertiary alicyclic amines) is 1. The molecule has 0 spiro atoms. The summed E-state index contributed by atoms with van der Waals surface area (Å²) in [6, 6.07) is 0. The molecule has 2 N–H and O–H groups in total. The van der Waals surface area contributed by atoms with Crippen LogP contribution in [0.5, 0.6) is 0 Å². The molecule has 1 fully saturated rings. The van der Waals surface area contributed by atoms with Crippen molar-refractivity contribution in [3.8, 4) is 0 Å². The Labute approximate surface area is 119 Å². The van der Waals surface area contributed by atoms with E-state index in [1.165, 1.54) is 51.7 Å². The summed E-state index contributed by atoms with van der Waals surface area (Å²) in [5, 5.41) is 6.86. The third kappa shape index (κ3) is 6.81. The van der Waals surface area contributed by atoms with Crippen molar-refractivity contribution in [3.05, 3.63) is 0 Å². The fourth-order valence-electron chi connectivity index (χ4n) is 2.59. The molecule has 0 aromatic rings. The number of aliphatic imine (C=N–C) groups is 1. The van der Waals surface area contributed by atoms with Gasteiger partial charge in [0.05, 0.1) is 0 Å². The maximum atomic E-state index is 4.29. The van der Waals surface area contributed by atoms with Crippen LogP contribution in [0.1, 0.15) is 46.0 Å². The SMILES string of the molecule is CCCCCCNC(=NC)NCC1CCN(CC)C1. The number of hydrogen-bond acceptors (Lipinski definition) is 2. The highest BCUT2D eigenvalue weighted by molar-refractivity contribution is 5.79. The van der Waals surface area contributed by atoms with Crippen LogP contribution in [0.3, 0.4) is 0 Å². The van der Waals surface area contributed by atoms with Crippen LogP contribution in [0.25, 0.3) is 0 Å². The van der Waals surface area contributed by atoms with Gasteiger partial charge in [-0.1, -0.05) is 33.1 Å². The van der Waals surface area contributed by atoms with Crippen molar-refractivity contribution in [3.63, 3.8) is 0 Å². The molecule has 0 aromatic heterocycles.